The molecule has 0 saturated carbocycles. The summed E-state index contributed by atoms with van der Waals surface area (Å²) in [6.45, 7) is 2.69. The van der Waals surface area contributed by atoms with Crippen LogP contribution in [0.5, 0.6) is 0 Å². The molecular formula is C16H18N2O2S. The van der Waals surface area contributed by atoms with Crippen LogP contribution in [0.4, 0.5) is 0 Å². The molecule has 3 heterocycles. The fourth-order valence-electron chi connectivity index (χ4n) is 2.37. The molecule has 0 saturated heterocycles. The molecule has 0 amide bonds. The molecule has 0 bridgehead atoms. The number of nitrogens with zero attached hydrogens (tertiary/aromatic N) is 1. The van der Waals surface area contributed by atoms with Crippen molar-refractivity contribution >= 4 is 21.6 Å². The molecule has 3 aromatic heterocycles. The van der Waals surface area contributed by atoms with Crippen LogP contribution in [0.25, 0.3) is 10.2 Å². The van der Waals surface area contributed by atoms with Gasteiger partial charge in [-0.05, 0) is 42.1 Å². The molecule has 1 N–H and O–H groups in total. The topological polar surface area (TPSA) is 47.3 Å². The molecule has 3 rings (SSSR count). The standard InChI is InChI=1S/C16H18N2O2S/c1-11(12-8-16-13(17-9-12)5-7-21-16)18-14(10-19-2)15-4-3-6-20-15/h3-9,11,14,18H,10H2,1-2H3/t11-,14+/m0/s1. The molecule has 110 valence electrons. The van der Waals surface area contributed by atoms with E-state index in [-0.39, 0.29) is 12.1 Å². The van der Waals surface area contributed by atoms with Crippen molar-refractivity contribution in [2.45, 2.75) is 19.0 Å². The van der Waals surface area contributed by atoms with E-state index >= 15 is 0 Å². The molecule has 0 aliphatic heterocycles. The Morgan fingerprint density at radius 2 is 2.33 bits per heavy atom. The van der Waals surface area contributed by atoms with Gasteiger partial charge < -0.3 is 9.15 Å². The Morgan fingerprint density at radius 1 is 1.43 bits per heavy atom. The lowest BCUT2D eigenvalue weighted by atomic mass is 10.1. The number of nitrogens with one attached hydrogen (secondary N) is 1. The maximum atomic E-state index is 5.49. The van der Waals surface area contributed by atoms with Crippen LogP contribution in [0.2, 0.25) is 0 Å². The van der Waals surface area contributed by atoms with Gasteiger partial charge in [0.25, 0.3) is 0 Å². The summed E-state index contributed by atoms with van der Waals surface area (Å²) >= 11 is 1.71. The summed E-state index contributed by atoms with van der Waals surface area (Å²) in [5, 5.41) is 5.60. The van der Waals surface area contributed by atoms with Crippen molar-refractivity contribution in [3.8, 4) is 0 Å². The maximum absolute atomic E-state index is 5.49. The van der Waals surface area contributed by atoms with Crippen LogP contribution in [-0.4, -0.2) is 18.7 Å². The minimum Gasteiger partial charge on any atom is -0.468 e. The second-order valence-electron chi connectivity index (χ2n) is 4.98. The minimum absolute atomic E-state index is 0.0269. The number of fused-ring (bicyclic) bond motifs is 1. The van der Waals surface area contributed by atoms with E-state index in [1.165, 1.54) is 4.70 Å². The van der Waals surface area contributed by atoms with E-state index < -0.39 is 0 Å². The second-order valence-corrected chi connectivity index (χ2v) is 5.93. The van der Waals surface area contributed by atoms with Crippen LogP contribution in [0.15, 0.2) is 46.5 Å². The first-order valence-electron chi connectivity index (χ1n) is 6.89. The highest BCUT2D eigenvalue weighted by Crippen LogP contribution is 2.25. The summed E-state index contributed by atoms with van der Waals surface area (Å²) in [6.07, 6.45) is 3.61. The van der Waals surface area contributed by atoms with Gasteiger partial charge in [0.2, 0.25) is 0 Å². The molecule has 2 atom stereocenters. The zero-order valence-corrected chi connectivity index (χ0v) is 12.9. The highest BCUT2D eigenvalue weighted by atomic mass is 32.1. The van der Waals surface area contributed by atoms with Gasteiger partial charge in [-0.3, -0.25) is 10.3 Å². The average Bonchev–Trinajstić information content (AvgIpc) is 3.17. The largest absolute Gasteiger partial charge is 0.468 e. The van der Waals surface area contributed by atoms with Crippen LogP contribution < -0.4 is 5.32 Å². The van der Waals surface area contributed by atoms with Crippen LogP contribution in [-0.2, 0) is 4.74 Å². The smallest absolute Gasteiger partial charge is 0.123 e. The number of methoxy groups -OCH3 is 1. The van der Waals surface area contributed by atoms with Crippen LogP contribution in [0, 0.1) is 0 Å². The lowest BCUT2D eigenvalue weighted by Crippen LogP contribution is -2.27. The molecular weight excluding hydrogens is 284 g/mol. The lowest BCUT2D eigenvalue weighted by Gasteiger charge is -2.21. The summed E-state index contributed by atoms with van der Waals surface area (Å²) < 4.78 is 12.0. The summed E-state index contributed by atoms with van der Waals surface area (Å²) in [4.78, 5) is 4.49. The Kier molecular flexibility index (Phi) is 4.34. The average molecular weight is 302 g/mol. The zero-order valence-electron chi connectivity index (χ0n) is 12.1. The number of hydrogen-bond acceptors (Lipinski definition) is 5. The van der Waals surface area contributed by atoms with Gasteiger partial charge in [-0.25, -0.2) is 0 Å². The molecule has 0 aliphatic rings. The summed E-state index contributed by atoms with van der Waals surface area (Å²) in [7, 11) is 1.70. The molecule has 0 aliphatic carbocycles. The van der Waals surface area contributed by atoms with Gasteiger partial charge in [-0.15, -0.1) is 11.3 Å². The third-order valence-electron chi connectivity index (χ3n) is 3.49. The van der Waals surface area contributed by atoms with Crippen molar-refractivity contribution in [1.29, 1.82) is 0 Å². The van der Waals surface area contributed by atoms with Gasteiger partial charge in [0.15, 0.2) is 0 Å². The Morgan fingerprint density at radius 3 is 3.10 bits per heavy atom. The van der Waals surface area contributed by atoms with Crippen molar-refractivity contribution in [2.75, 3.05) is 13.7 Å². The van der Waals surface area contributed by atoms with E-state index in [2.05, 4.69) is 28.7 Å². The summed E-state index contributed by atoms with van der Waals surface area (Å²) in [5.41, 5.74) is 2.22. The van der Waals surface area contributed by atoms with Crippen LogP contribution >= 0.6 is 11.3 Å². The lowest BCUT2D eigenvalue weighted by molar-refractivity contribution is 0.152. The van der Waals surface area contributed by atoms with E-state index in [1.807, 2.05) is 24.4 Å². The molecule has 0 spiro atoms. The number of aromatic nitrogens is 1. The minimum atomic E-state index is 0.0269. The molecule has 0 fully saturated rings. The highest BCUT2D eigenvalue weighted by Gasteiger charge is 2.18. The first-order valence-corrected chi connectivity index (χ1v) is 7.77. The highest BCUT2D eigenvalue weighted by molar-refractivity contribution is 7.17. The van der Waals surface area contributed by atoms with Crippen LogP contribution in [0.3, 0.4) is 0 Å². The van der Waals surface area contributed by atoms with Crippen molar-refractivity contribution in [2.24, 2.45) is 0 Å². The van der Waals surface area contributed by atoms with Crippen molar-refractivity contribution in [1.82, 2.24) is 10.3 Å². The zero-order chi connectivity index (χ0) is 14.7. The van der Waals surface area contributed by atoms with E-state index in [0.29, 0.717) is 6.61 Å². The fourth-order valence-corrected chi connectivity index (χ4v) is 3.15. The fraction of sp³-hybridized carbons (Fsp3) is 0.312. The van der Waals surface area contributed by atoms with Crippen molar-refractivity contribution < 1.29 is 9.15 Å². The van der Waals surface area contributed by atoms with Crippen molar-refractivity contribution in [3.63, 3.8) is 0 Å². The molecule has 21 heavy (non-hydrogen) atoms. The van der Waals surface area contributed by atoms with E-state index in [0.717, 1.165) is 16.8 Å². The van der Waals surface area contributed by atoms with Crippen LogP contribution in [0.1, 0.15) is 30.3 Å². The van der Waals surface area contributed by atoms with Gasteiger partial charge >= 0.3 is 0 Å². The molecule has 5 heteroatoms. The molecule has 0 aromatic carbocycles. The third-order valence-corrected chi connectivity index (χ3v) is 4.35. The molecule has 0 unspecified atom stereocenters. The Bertz CT molecular complexity index is 693. The van der Waals surface area contributed by atoms with Gasteiger partial charge in [-0.2, -0.15) is 0 Å². The quantitative estimate of drug-likeness (QED) is 0.749. The van der Waals surface area contributed by atoms with E-state index in [9.17, 15) is 0 Å². The van der Waals surface area contributed by atoms with Crippen molar-refractivity contribution in [3.05, 3.63) is 53.4 Å². The number of furan rings is 1. The first kappa shape index (κ1) is 14.3. The normalized spacial score (nSPS) is 14.4. The molecule has 0 radical (unpaired) electrons. The Balaban J connectivity index is 1.78. The van der Waals surface area contributed by atoms with Gasteiger partial charge in [0.05, 0.1) is 29.1 Å². The Labute approximate surface area is 127 Å². The number of hydrogen-bond donors (Lipinski definition) is 1. The van der Waals surface area contributed by atoms with E-state index in [4.69, 9.17) is 9.15 Å². The Hall–Kier alpha value is -1.69. The first-order chi connectivity index (χ1) is 10.3. The number of pyridine rings is 1. The summed E-state index contributed by atoms with van der Waals surface area (Å²) in [5.74, 6) is 0.883. The predicted molar refractivity (Wildman–Crippen MR) is 84.5 cm³/mol. The van der Waals surface area contributed by atoms with Gasteiger partial charge in [0.1, 0.15) is 5.76 Å². The number of ether oxygens (including phenoxy) is 1. The molecule has 3 aromatic rings. The van der Waals surface area contributed by atoms with Gasteiger partial charge in [-0.1, -0.05) is 0 Å². The van der Waals surface area contributed by atoms with Gasteiger partial charge in [0, 0.05) is 19.3 Å². The maximum Gasteiger partial charge on any atom is 0.123 e. The third kappa shape index (κ3) is 3.15. The van der Waals surface area contributed by atoms with E-state index in [1.54, 1.807) is 24.7 Å². The number of rotatable bonds is 6. The summed E-state index contributed by atoms with van der Waals surface area (Å²) in [6, 6.07) is 8.27. The predicted octanol–water partition coefficient (Wildman–Crippen LogP) is 3.93. The molecule has 4 nitrogen and oxygen atoms in total. The monoisotopic (exact) mass is 302 g/mol. The second kappa shape index (κ2) is 6.39. The number of thiophene rings is 1. The SMILES string of the molecule is COC[C@@H](N[C@@H](C)c1cnc2ccsc2c1)c1ccco1.